The summed E-state index contributed by atoms with van der Waals surface area (Å²) in [4.78, 5) is 24.0. The third kappa shape index (κ3) is 6.74. The van der Waals surface area contributed by atoms with Gasteiger partial charge in [0.15, 0.2) is 0 Å². The zero-order valence-corrected chi connectivity index (χ0v) is 16.3. The number of phenolic OH excluding ortho intramolecular Hbond substituents is 1. The second kappa shape index (κ2) is 10.3. The summed E-state index contributed by atoms with van der Waals surface area (Å²) in [6, 6.07) is 13.4. The van der Waals surface area contributed by atoms with Crippen LogP contribution in [0.1, 0.15) is 30.5 Å². The molecule has 27 heavy (non-hydrogen) atoms. The van der Waals surface area contributed by atoms with E-state index in [0.717, 1.165) is 10.0 Å². The van der Waals surface area contributed by atoms with Crippen molar-refractivity contribution in [1.29, 1.82) is 0 Å². The van der Waals surface area contributed by atoms with E-state index in [-0.39, 0.29) is 18.8 Å². The predicted octanol–water partition coefficient (Wildman–Crippen LogP) is 3.48. The SMILES string of the molecule is CCOC(=O)N[C@@H](CC(=O)N/N=C\c1cc(Br)ccc1O)c1ccccc1. The van der Waals surface area contributed by atoms with Crippen LogP contribution < -0.4 is 10.7 Å². The zero-order valence-electron chi connectivity index (χ0n) is 14.7. The van der Waals surface area contributed by atoms with Gasteiger partial charge in [-0.15, -0.1) is 0 Å². The van der Waals surface area contributed by atoms with Crippen molar-refractivity contribution in [2.45, 2.75) is 19.4 Å². The number of carbonyl (C=O) groups is 2. The first-order valence-corrected chi connectivity index (χ1v) is 9.07. The van der Waals surface area contributed by atoms with Crippen LogP contribution in [0.4, 0.5) is 4.79 Å². The minimum atomic E-state index is -0.596. The Labute approximate surface area is 165 Å². The van der Waals surface area contributed by atoms with Crippen molar-refractivity contribution in [2.75, 3.05) is 6.61 Å². The van der Waals surface area contributed by atoms with E-state index in [4.69, 9.17) is 4.74 Å². The molecule has 7 nitrogen and oxygen atoms in total. The van der Waals surface area contributed by atoms with Crippen LogP contribution in [-0.4, -0.2) is 29.9 Å². The number of carbonyl (C=O) groups excluding carboxylic acids is 2. The molecule has 3 N–H and O–H groups in total. The summed E-state index contributed by atoms with van der Waals surface area (Å²) in [7, 11) is 0. The number of hydrazone groups is 1. The lowest BCUT2D eigenvalue weighted by Crippen LogP contribution is -2.33. The van der Waals surface area contributed by atoms with Gasteiger partial charge < -0.3 is 15.2 Å². The number of hydrogen-bond donors (Lipinski definition) is 3. The molecule has 0 unspecified atom stereocenters. The van der Waals surface area contributed by atoms with Crippen molar-refractivity contribution in [3.8, 4) is 5.75 Å². The second-order valence-corrected chi connectivity index (χ2v) is 6.44. The average molecular weight is 434 g/mol. The molecule has 0 saturated heterocycles. The predicted molar refractivity (Wildman–Crippen MR) is 106 cm³/mol. The number of hydrogen-bond acceptors (Lipinski definition) is 5. The Bertz CT molecular complexity index is 812. The summed E-state index contributed by atoms with van der Waals surface area (Å²) in [5, 5.41) is 16.3. The fourth-order valence-corrected chi connectivity index (χ4v) is 2.67. The summed E-state index contributed by atoms with van der Waals surface area (Å²) in [5.41, 5.74) is 3.62. The van der Waals surface area contributed by atoms with E-state index >= 15 is 0 Å². The first-order chi connectivity index (χ1) is 13.0. The number of benzene rings is 2. The fourth-order valence-electron chi connectivity index (χ4n) is 2.29. The molecule has 0 heterocycles. The molecule has 0 aliphatic carbocycles. The van der Waals surface area contributed by atoms with E-state index in [1.54, 1.807) is 19.1 Å². The van der Waals surface area contributed by atoms with Crippen LogP contribution in [0.15, 0.2) is 58.1 Å². The van der Waals surface area contributed by atoms with E-state index in [9.17, 15) is 14.7 Å². The number of aromatic hydroxyl groups is 1. The Morgan fingerprint density at radius 1 is 1.26 bits per heavy atom. The quantitative estimate of drug-likeness (QED) is 0.459. The Kier molecular flexibility index (Phi) is 7.81. The molecule has 1 atom stereocenters. The van der Waals surface area contributed by atoms with Crippen molar-refractivity contribution in [2.24, 2.45) is 5.10 Å². The molecule has 0 fully saturated rings. The molecule has 2 aromatic rings. The van der Waals surface area contributed by atoms with Crippen LogP contribution in [-0.2, 0) is 9.53 Å². The van der Waals surface area contributed by atoms with Gasteiger partial charge >= 0.3 is 6.09 Å². The Hall–Kier alpha value is -2.87. The molecule has 2 amide bonds. The van der Waals surface area contributed by atoms with Gasteiger partial charge in [0.1, 0.15) is 5.75 Å². The fraction of sp³-hybridized carbons (Fsp3) is 0.211. The molecule has 2 rings (SSSR count). The van der Waals surface area contributed by atoms with Gasteiger partial charge in [0.05, 0.1) is 25.3 Å². The summed E-state index contributed by atoms with van der Waals surface area (Å²) in [6.45, 7) is 1.94. The first kappa shape index (κ1) is 20.4. The number of halogens is 1. The molecule has 0 radical (unpaired) electrons. The molecular weight excluding hydrogens is 414 g/mol. The summed E-state index contributed by atoms with van der Waals surface area (Å²) in [6.07, 6.45) is 0.723. The monoisotopic (exact) mass is 433 g/mol. The zero-order chi connectivity index (χ0) is 19.6. The summed E-state index contributed by atoms with van der Waals surface area (Å²) in [5.74, 6) is -0.353. The average Bonchev–Trinajstić information content (AvgIpc) is 2.65. The van der Waals surface area contributed by atoms with Gasteiger partial charge in [-0.1, -0.05) is 46.3 Å². The van der Waals surface area contributed by atoms with Gasteiger partial charge in [0.2, 0.25) is 5.91 Å². The lowest BCUT2D eigenvalue weighted by molar-refractivity contribution is -0.121. The molecule has 0 spiro atoms. The third-order valence-corrected chi connectivity index (χ3v) is 4.03. The number of ether oxygens (including phenoxy) is 1. The molecule has 0 aliphatic rings. The van der Waals surface area contributed by atoms with E-state index in [1.165, 1.54) is 12.3 Å². The number of alkyl carbamates (subject to hydrolysis) is 1. The molecule has 8 heteroatoms. The molecule has 0 aliphatic heterocycles. The minimum absolute atomic E-state index is 0.0232. The second-order valence-electron chi connectivity index (χ2n) is 5.53. The van der Waals surface area contributed by atoms with E-state index < -0.39 is 18.0 Å². The first-order valence-electron chi connectivity index (χ1n) is 8.28. The summed E-state index contributed by atoms with van der Waals surface area (Å²) < 4.78 is 5.67. The molecule has 0 bridgehead atoms. The largest absolute Gasteiger partial charge is 0.507 e. The van der Waals surface area contributed by atoms with Gasteiger partial charge in [-0.25, -0.2) is 10.2 Å². The van der Waals surface area contributed by atoms with Crippen molar-refractivity contribution < 1.29 is 19.4 Å². The maximum absolute atomic E-state index is 12.2. The molecule has 142 valence electrons. The van der Waals surface area contributed by atoms with Gasteiger partial charge in [0.25, 0.3) is 0 Å². The number of nitrogens with zero attached hydrogens (tertiary/aromatic N) is 1. The van der Waals surface area contributed by atoms with Gasteiger partial charge in [0, 0.05) is 10.0 Å². The van der Waals surface area contributed by atoms with Gasteiger partial charge in [-0.05, 0) is 30.7 Å². The topological polar surface area (TPSA) is 100 Å². The molecular formula is C19H20BrN3O4. The highest BCUT2D eigenvalue weighted by Crippen LogP contribution is 2.20. The summed E-state index contributed by atoms with van der Waals surface area (Å²) >= 11 is 3.30. The van der Waals surface area contributed by atoms with Crippen molar-refractivity contribution in [3.63, 3.8) is 0 Å². The van der Waals surface area contributed by atoms with E-state index in [1.807, 2.05) is 30.3 Å². The van der Waals surface area contributed by atoms with Crippen LogP contribution in [0.2, 0.25) is 0 Å². The van der Waals surface area contributed by atoms with Gasteiger partial charge in [-0.3, -0.25) is 4.79 Å². The molecule has 2 aromatic carbocycles. The molecule has 0 saturated carbocycles. The number of nitrogens with one attached hydrogen (secondary N) is 2. The normalized spacial score (nSPS) is 11.8. The number of rotatable bonds is 7. The highest BCUT2D eigenvalue weighted by molar-refractivity contribution is 9.10. The molecule has 0 aromatic heterocycles. The van der Waals surface area contributed by atoms with Gasteiger partial charge in [-0.2, -0.15) is 5.10 Å². The van der Waals surface area contributed by atoms with Crippen LogP contribution in [0.25, 0.3) is 0 Å². The Morgan fingerprint density at radius 2 is 2.00 bits per heavy atom. The highest BCUT2D eigenvalue weighted by Gasteiger charge is 2.18. The number of amides is 2. The Morgan fingerprint density at radius 3 is 2.70 bits per heavy atom. The van der Waals surface area contributed by atoms with Crippen molar-refractivity contribution >= 4 is 34.1 Å². The van der Waals surface area contributed by atoms with Crippen molar-refractivity contribution in [1.82, 2.24) is 10.7 Å². The maximum atomic E-state index is 12.2. The van der Waals surface area contributed by atoms with Crippen LogP contribution in [0.5, 0.6) is 5.75 Å². The van der Waals surface area contributed by atoms with Crippen LogP contribution >= 0.6 is 15.9 Å². The standard InChI is InChI=1S/C19H20BrN3O4/c1-2-27-19(26)22-16(13-6-4-3-5-7-13)11-18(25)23-21-12-14-10-15(20)8-9-17(14)24/h3-10,12,16,24H,2,11H2,1H3,(H,22,26)(H,23,25)/b21-12-/t16-/m0/s1. The number of phenols is 1. The Balaban J connectivity index is 2.01. The van der Waals surface area contributed by atoms with Crippen LogP contribution in [0, 0.1) is 0 Å². The lowest BCUT2D eigenvalue weighted by atomic mass is 10.0. The third-order valence-electron chi connectivity index (χ3n) is 3.54. The minimum Gasteiger partial charge on any atom is -0.507 e. The smallest absolute Gasteiger partial charge is 0.407 e. The van der Waals surface area contributed by atoms with Crippen LogP contribution in [0.3, 0.4) is 0 Å². The van der Waals surface area contributed by atoms with Crippen molar-refractivity contribution in [3.05, 3.63) is 64.1 Å². The van der Waals surface area contributed by atoms with E-state index in [2.05, 4.69) is 31.8 Å². The lowest BCUT2D eigenvalue weighted by Gasteiger charge is -2.18. The van der Waals surface area contributed by atoms with E-state index in [0.29, 0.717) is 5.56 Å². The maximum Gasteiger partial charge on any atom is 0.407 e. The highest BCUT2D eigenvalue weighted by atomic mass is 79.9.